The summed E-state index contributed by atoms with van der Waals surface area (Å²) in [6.45, 7) is 8.19. The summed E-state index contributed by atoms with van der Waals surface area (Å²) in [5, 5.41) is 8.16. The molecule has 32 heavy (non-hydrogen) atoms. The highest BCUT2D eigenvalue weighted by Crippen LogP contribution is 2.25. The molecule has 2 aliphatic heterocycles. The van der Waals surface area contributed by atoms with Crippen LogP contribution in [0.25, 0.3) is 21.8 Å². The molecule has 1 amide bonds. The second-order valence-electron chi connectivity index (χ2n) is 8.51. The molecular weight excluding hydrogens is 408 g/mol. The van der Waals surface area contributed by atoms with Gasteiger partial charge in [-0.3, -0.25) is 14.7 Å². The summed E-state index contributed by atoms with van der Waals surface area (Å²) in [7, 11) is 0. The van der Waals surface area contributed by atoms with E-state index < -0.39 is 0 Å². The van der Waals surface area contributed by atoms with Crippen molar-refractivity contribution in [3.63, 3.8) is 0 Å². The minimum atomic E-state index is -0.182. The van der Waals surface area contributed by atoms with Gasteiger partial charge in [-0.1, -0.05) is 6.92 Å². The van der Waals surface area contributed by atoms with Gasteiger partial charge in [-0.2, -0.15) is 5.10 Å². The van der Waals surface area contributed by atoms with Crippen molar-refractivity contribution >= 4 is 27.7 Å². The molecule has 2 fully saturated rings. The average Bonchev–Trinajstić information content (AvgIpc) is 3.53. The van der Waals surface area contributed by atoms with Crippen LogP contribution in [0.4, 0.5) is 0 Å². The molecule has 1 aromatic carbocycles. The second kappa shape index (κ2) is 10.3. The van der Waals surface area contributed by atoms with Crippen LogP contribution in [0.5, 0.6) is 0 Å². The SMILES string of the molecule is C1CCOC1.CCCOC1CCN(C(=O)c2cc3c(cc2C)[nH]c(=O)c2cn[nH]c23)CC1. The van der Waals surface area contributed by atoms with E-state index in [1.807, 2.05) is 24.0 Å². The number of hydrogen-bond acceptors (Lipinski definition) is 5. The molecule has 5 rings (SSSR count). The minimum absolute atomic E-state index is 0.0298. The third-order valence-electron chi connectivity index (χ3n) is 6.11. The third-order valence-corrected chi connectivity index (χ3v) is 6.11. The summed E-state index contributed by atoms with van der Waals surface area (Å²) in [6.07, 6.45) is 7.07. The maximum absolute atomic E-state index is 13.1. The zero-order valence-corrected chi connectivity index (χ0v) is 18.9. The van der Waals surface area contributed by atoms with Gasteiger partial charge in [0, 0.05) is 43.9 Å². The molecule has 172 valence electrons. The van der Waals surface area contributed by atoms with Crippen LogP contribution < -0.4 is 5.56 Å². The van der Waals surface area contributed by atoms with E-state index in [2.05, 4.69) is 22.1 Å². The average molecular weight is 441 g/mol. The van der Waals surface area contributed by atoms with Crippen molar-refractivity contribution in [2.75, 3.05) is 32.9 Å². The lowest BCUT2D eigenvalue weighted by atomic mass is 10.0. The fourth-order valence-electron chi connectivity index (χ4n) is 4.29. The van der Waals surface area contributed by atoms with Crippen LogP contribution in [-0.4, -0.2) is 65.0 Å². The number of nitrogens with one attached hydrogen (secondary N) is 2. The lowest BCUT2D eigenvalue weighted by Gasteiger charge is -2.32. The van der Waals surface area contributed by atoms with E-state index in [1.165, 1.54) is 19.0 Å². The van der Waals surface area contributed by atoms with E-state index in [0.717, 1.165) is 50.0 Å². The number of hydrogen-bond donors (Lipinski definition) is 2. The van der Waals surface area contributed by atoms with Crippen LogP contribution in [0.1, 0.15) is 54.9 Å². The number of carbonyl (C=O) groups is 1. The van der Waals surface area contributed by atoms with Gasteiger partial charge < -0.3 is 19.4 Å². The largest absolute Gasteiger partial charge is 0.381 e. The zero-order valence-electron chi connectivity index (χ0n) is 18.9. The smallest absolute Gasteiger partial charge is 0.259 e. The number of carbonyl (C=O) groups excluding carboxylic acids is 1. The highest BCUT2D eigenvalue weighted by atomic mass is 16.5. The van der Waals surface area contributed by atoms with Crippen molar-refractivity contribution in [3.8, 4) is 0 Å². The maximum Gasteiger partial charge on any atom is 0.259 e. The van der Waals surface area contributed by atoms with Crippen molar-refractivity contribution in [2.24, 2.45) is 0 Å². The lowest BCUT2D eigenvalue weighted by molar-refractivity contribution is 0.00899. The molecule has 0 aliphatic carbocycles. The number of rotatable bonds is 4. The Balaban J connectivity index is 0.000000433. The number of ether oxygens (including phenoxy) is 2. The van der Waals surface area contributed by atoms with Crippen molar-refractivity contribution in [1.82, 2.24) is 20.1 Å². The van der Waals surface area contributed by atoms with Crippen LogP contribution in [0.2, 0.25) is 0 Å². The van der Waals surface area contributed by atoms with Crippen molar-refractivity contribution in [1.29, 1.82) is 0 Å². The van der Waals surface area contributed by atoms with E-state index in [1.54, 1.807) is 0 Å². The Morgan fingerprint density at radius 1 is 1.22 bits per heavy atom. The standard InChI is InChI=1S/C20H24N4O3.C4H8O/c1-3-8-27-13-4-6-24(7-5-13)20(26)14-10-15-17(9-12(14)2)22-19(25)16-11-21-23-18(15)16;1-2-4-5-3-1/h9-11,13H,3-8H2,1-2H3,(H,21,23)(H,22,25);1-4H2. The number of nitrogens with zero attached hydrogens (tertiary/aromatic N) is 2. The highest BCUT2D eigenvalue weighted by molar-refractivity contribution is 6.07. The predicted molar refractivity (Wildman–Crippen MR) is 124 cm³/mol. The van der Waals surface area contributed by atoms with Gasteiger partial charge in [-0.25, -0.2) is 0 Å². The topological polar surface area (TPSA) is 100 Å². The predicted octanol–water partition coefficient (Wildman–Crippen LogP) is 3.54. The van der Waals surface area contributed by atoms with Crippen LogP contribution in [0, 0.1) is 6.92 Å². The summed E-state index contributed by atoms with van der Waals surface area (Å²) < 4.78 is 10.8. The van der Waals surface area contributed by atoms with E-state index in [9.17, 15) is 9.59 Å². The monoisotopic (exact) mass is 440 g/mol. The van der Waals surface area contributed by atoms with Crippen molar-refractivity contribution in [3.05, 3.63) is 39.8 Å². The van der Waals surface area contributed by atoms with Crippen LogP contribution in [0.3, 0.4) is 0 Å². The molecule has 8 nitrogen and oxygen atoms in total. The number of H-pyrrole nitrogens is 2. The van der Waals surface area contributed by atoms with Crippen molar-refractivity contribution < 1.29 is 14.3 Å². The van der Waals surface area contributed by atoms with E-state index in [-0.39, 0.29) is 17.6 Å². The van der Waals surface area contributed by atoms with Crippen LogP contribution >= 0.6 is 0 Å². The maximum atomic E-state index is 13.1. The van der Waals surface area contributed by atoms with Crippen LogP contribution in [0.15, 0.2) is 23.1 Å². The van der Waals surface area contributed by atoms with Gasteiger partial charge in [-0.15, -0.1) is 0 Å². The molecule has 0 unspecified atom stereocenters. The number of pyridine rings is 1. The first-order valence-corrected chi connectivity index (χ1v) is 11.6. The normalized spacial score (nSPS) is 17.0. The molecule has 0 saturated carbocycles. The first kappa shape index (κ1) is 22.5. The molecule has 0 spiro atoms. The van der Waals surface area contributed by atoms with Gasteiger partial charge >= 0.3 is 0 Å². The number of amides is 1. The molecular formula is C24H32N4O4. The van der Waals surface area contributed by atoms with E-state index >= 15 is 0 Å². The first-order chi connectivity index (χ1) is 15.6. The fraction of sp³-hybridized carbons (Fsp3) is 0.542. The molecule has 4 heterocycles. The van der Waals surface area contributed by atoms with E-state index in [0.29, 0.717) is 35.1 Å². The number of likely N-dealkylation sites (tertiary alicyclic amines) is 1. The molecule has 2 saturated heterocycles. The van der Waals surface area contributed by atoms with Gasteiger partial charge in [0.05, 0.1) is 28.7 Å². The second-order valence-corrected chi connectivity index (χ2v) is 8.51. The Morgan fingerprint density at radius 3 is 2.62 bits per heavy atom. The summed E-state index contributed by atoms with van der Waals surface area (Å²) in [6, 6.07) is 3.73. The Hall–Kier alpha value is -2.71. The summed E-state index contributed by atoms with van der Waals surface area (Å²) in [5.74, 6) is 0.0298. The van der Waals surface area contributed by atoms with Crippen LogP contribution in [-0.2, 0) is 9.47 Å². The number of piperidine rings is 1. The number of fused-ring (bicyclic) bond motifs is 3. The Labute approximate surface area is 187 Å². The van der Waals surface area contributed by atoms with Gasteiger partial charge in [0.1, 0.15) is 0 Å². The quantitative estimate of drug-likeness (QED) is 0.646. The summed E-state index contributed by atoms with van der Waals surface area (Å²) >= 11 is 0. The number of aromatic nitrogens is 3. The molecule has 3 aromatic rings. The lowest BCUT2D eigenvalue weighted by Crippen LogP contribution is -2.41. The van der Waals surface area contributed by atoms with Gasteiger partial charge in [0.15, 0.2) is 0 Å². The molecule has 2 aliphatic rings. The van der Waals surface area contributed by atoms with Gasteiger partial charge in [-0.05, 0) is 56.7 Å². The third kappa shape index (κ3) is 4.86. The molecule has 0 atom stereocenters. The first-order valence-electron chi connectivity index (χ1n) is 11.6. The highest BCUT2D eigenvalue weighted by Gasteiger charge is 2.25. The summed E-state index contributed by atoms with van der Waals surface area (Å²) in [4.78, 5) is 30.0. The Morgan fingerprint density at radius 2 is 1.97 bits per heavy atom. The summed E-state index contributed by atoms with van der Waals surface area (Å²) in [5.41, 5.74) is 2.70. The molecule has 8 heteroatoms. The molecule has 0 radical (unpaired) electrons. The number of aromatic amines is 2. The van der Waals surface area contributed by atoms with E-state index in [4.69, 9.17) is 9.47 Å². The number of benzene rings is 1. The number of aryl methyl sites for hydroxylation is 1. The van der Waals surface area contributed by atoms with Gasteiger partial charge in [0.25, 0.3) is 11.5 Å². The van der Waals surface area contributed by atoms with Crippen molar-refractivity contribution in [2.45, 2.75) is 52.1 Å². The molecule has 0 bridgehead atoms. The molecule has 2 N–H and O–H groups in total. The Bertz CT molecular complexity index is 1120. The Kier molecular flexibility index (Phi) is 7.22. The van der Waals surface area contributed by atoms with Gasteiger partial charge in [0.2, 0.25) is 0 Å². The fourth-order valence-corrected chi connectivity index (χ4v) is 4.29. The zero-order chi connectivity index (χ0) is 22.5. The molecule has 2 aromatic heterocycles. The minimum Gasteiger partial charge on any atom is -0.381 e.